The number of nitrogens with zero attached hydrogens (tertiary/aromatic N) is 1. The smallest absolute Gasteiger partial charge is 0.260 e. The van der Waals surface area contributed by atoms with Gasteiger partial charge in [0.2, 0.25) is 0 Å². The van der Waals surface area contributed by atoms with Crippen LogP contribution in [0.4, 0.5) is 0 Å². The molecule has 2 aromatic rings. The van der Waals surface area contributed by atoms with E-state index >= 15 is 0 Å². The number of carbonyl (C=O) groups excluding carboxylic acids is 1. The molecule has 5 nitrogen and oxygen atoms in total. The fraction of sp³-hybridized carbons (Fsp3) is 0.450. The molecule has 1 aliphatic rings. The number of amides is 1. The van der Waals surface area contributed by atoms with E-state index in [9.17, 15) is 4.79 Å². The second kappa shape index (κ2) is 9.59. The first kappa shape index (κ1) is 18.7. The molecule has 1 aliphatic heterocycles. The van der Waals surface area contributed by atoms with Gasteiger partial charge in [-0.1, -0.05) is 6.07 Å². The van der Waals surface area contributed by atoms with E-state index in [-0.39, 0.29) is 18.6 Å². The molecule has 0 N–H and O–H groups in total. The molecule has 1 aromatic heterocycles. The molecule has 1 aromatic carbocycles. The van der Waals surface area contributed by atoms with Gasteiger partial charge in [0, 0.05) is 18.0 Å². The molecule has 26 heavy (non-hydrogen) atoms. The van der Waals surface area contributed by atoms with Crippen molar-refractivity contribution in [2.24, 2.45) is 0 Å². The largest absolute Gasteiger partial charge is 0.494 e. The van der Waals surface area contributed by atoms with E-state index in [0.29, 0.717) is 25.4 Å². The summed E-state index contributed by atoms with van der Waals surface area (Å²) in [4.78, 5) is 15.7. The third-order valence-corrected chi connectivity index (χ3v) is 5.09. The maximum Gasteiger partial charge on any atom is 0.260 e. The highest BCUT2D eigenvalue weighted by Gasteiger charge is 2.23. The topological polar surface area (TPSA) is 48.0 Å². The van der Waals surface area contributed by atoms with Gasteiger partial charge in [-0.3, -0.25) is 4.79 Å². The Kier molecular flexibility index (Phi) is 6.91. The Bertz CT molecular complexity index is 666. The van der Waals surface area contributed by atoms with Gasteiger partial charge in [0.1, 0.15) is 11.5 Å². The highest BCUT2D eigenvalue weighted by Crippen LogP contribution is 2.19. The molecule has 1 atom stereocenters. The van der Waals surface area contributed by atoms with Crippen molar-refractivity contribution in [3.05, 3.63) is 46.7 Å². The first-order valence-electron chi connectivity index (χ1n) is 9.02. The predicted molar refractivity (Wildman–Crippen MR) is 102 cm³/mol. The summed E-state index contributed by atoms with van der Waals surface area (Å²) in [5.74, 6) is 1.43. The minimum absolute atomic E-state index is 0.0199. The summed E-state index contributed by atoms with van der Waals surface area (Å²) in [5.41, 5.74) is 0. The molecule has 6 heteroatoms. The Morgan fingerprint density at radius 3 is 2.62 bits per heavy atom. The normalized spacial score (nSPS) is 16.4. The number of hydrogen-bond donors (Lipinski definition) is 0. The summed E-state index contributed by atoms with van der Waals surface area (Å²) < 4.78 is 16.8. The van der Waals surface area contributed by atoms with Gasteiger partial charge in [-0.25, -0.2) is 0 Å². The number of ether oxygens (including phenoxy) is 3. The van der Waals surface area contributed by atoms with Crippen LogP contribution in [0.2, 0.25) is 0 Å². The van der Waals surface area contributed by atoms with Crippen LogP contribution in [0, 0.1) is 0 Å². The Hall–Kier alpha value is -2.05. The van der Waals surface area contributed by atoms with Gasteiger partial charge in [0.15, 0.2) is 6.61 Å². The van der Waals surface area contributed by atoms with E-state index < -0.39 is 0 Å². The zero-order valence-corrected chi connectivity index (χ0v) is 15.9. The number of benzene rings is 1. The number of carbonyl (C=O) groups is 1. The quantitative estimate of drug-likeness (QED) is 0.670. The van der Waals surface area contributed by atoms with Crippen LogP contribution in [-0.2, 0) is 16.1 Å². The third-order valence-electron chi connectivity index (χ3n) is 4.22. The Balaban J connectivity index is 1.56. The first-order chi connectivity index (χ1) is 12.7. The predicted octanol–water partition coefficient (Wildman–Crippen LogP) is 3.73. The van der Waals surface area contributed by atoms with Gasteiger partial charge < -0.3 is 19.1 Å². The summed E-state index contributed by atoms with van der Waals surface area (Å²) in [5, 5.41) is 2.03. The molecule has 3 rings (SSSR count). The average molecular weight is 375 g/mol. The zero-order valence-electron chi connectivity index (χ0n) is 15.1. The molecular weight excluding hydrogens is 350 g/mol. The van der Waals surface area contributed by atoms with Gasteiger partial charge >= 0.3 is 0 Å². The van der Waals surface area contributed by atoms with Crippen molar-refractivity contribution in [2.75, 3.05) is 26.4 Å². The highest BCUT2D eigenvalue weighted by atomic mass is 32.1. The standard InChI is InChI=1S/C20H25NO4S/c1-2-23-16-7-9-17(10-8-16)25-15-20(22)21(13-18-5-3-11-24-18)14-19-6-4-12-26-19/h4,6-10,12,18H,2-3,5,11,13-15H2,1H3. The number of hydrogen-bond acceptors (Lipinski definition) is 5. The Morgan fingerprint density at radius 2 is 2.00 bits per heavy atom. The summed E-state index contributed by atoms with van der Waals surface area (Å²) in [7, 11) is 0. The van der Waals surface area contributed by atoms with Crippen molar-refractivity contribution in [3.8, 4) is 11.5 Å². The van der Waals surface area contributed by atoms with Crippen LogP contribution in [0.25, 0.3) is 0 Å². The van der Waals surface area contributed by atoms with E-state index in [4.69, 9.17) is 14.2 Å². The van der Waals surface area contributed by atoms with Crippen molar-refractivity contribution < 1.29 is 19.0 Å². The van der Waals surface area contributed by atoms with Gasteiger partial charge in [0.25, 0.3) is 5.91 Å². The molecule has 1 fully saturated rings. The fourth-order valence-corrected chi connectivity index (χ4v) is 3.63. The van der Waals surface area contributed by atoms with Gasteiger partial charge in [-0.05, 0) is 55.5 Å². The lowest BCUT2D eigenvalue weighted by atomic mass is 10.2. The van der Waals surface area contributed by atoms with Crippen molar-refractivity contribution in [3.63, 3.8) is 0 Å². The van der Waals surface area contributed by atoms with Gasteiger partial charge in [0.05, 0.1) is 19.3 Å². The van der Waals surface area contributed by atoms with Crippen LogP contribution in [0.15, 0.2) is 41.8 Å². The molecule has 2 heterocycles. The van der Waals surface area contributed by atoms with Gasteiger partial charge in [-0.15, -0.1) is 11.3 Å². The van der Waals surface area contributed by atoms with E-state index in [1.807, 2.05) is 53.6 Å². The second-order valence-corrected chi connectivity index (χ2v) is 7.21. The summed E-state index contributed by atoms with van der Waals surface area (Å²) >= 11 is 1.66. The molecular formula is C20H25NO4S. The van der Waals surface area contributed by atoms with Crippen molar-refractivity contribution in [2.45, 2.75) is 32.4 Å². The number of rotatable bonds is 9. The zero-order chi connectivity index (χ0) is 18.2. The Morgan fingerprint density at radius 1 is 1.23 bits per heavy atom. The molecule has 0 radical (unpaired) electrons. The van der Waals surface area contributed by atoms with E-state index in [1.165, 1.54) is 0 Å². The van der Waals surface area contributed by atoms with E-state index in [1.54, 1.807) is 11.3 Å². The minimum Gasteiger partial charge on any atom is -0.494 e. The van der Waals surface area contributed by atoms with Crippen LogP contribution >= 0.6 is 11.3 Å². The second-order valence-electron chi connectivity index (χ2n) is 6.18. The summed E-state index contributed by atoms with van der Waals surface area (Å²) in [6.45, 7) is 4.59. The van der Waals surface area contributed by atoms with Crippen molar-refractivity contribution in [1.82, 2.24) is 4.90 Å². The summed E-state index contributed by atoms with van der Waals surface area (Å²) in [6, 6.07) is 11.4. The van der Waals surface area contributed by atoms with E-state index in [0.717, 1.165) is 30.1 Å². The van der Waals surface area contributed by atoms with Crippen LogP contribution in [0.3, 0.4) is 0 Å². The van der Waals surface area contributed by atoms with Crippen LogP contribution in [-0.4, -0.2) is 43.3 Å². The lowest BCUT2D eigenvalue weighted by Gasteiger charge is -2.25. The van der Waals surface area contributed by atoms with E-state index in [2.05, 4.69) is 0 Å². The fourth-order valence-electron chi connectivity index (χ4n) is 2.91. The molecule has 1 saturated heterocycles. The minimum atomic E-state index is -0.0252. The summed E-state index contributed by atoms with van der Waals surface area (Å²) in [6.07, 6.45) is 2.20. The first-order valence-corrected chi connectivity index (χ1v) is 9.90. The van der Waals surface area contributed by atoms with Crippen molar-refractivity contribution >= 4 is 17.2 Å². The lowest BCUT2D eigenvalue weighted by Crippen LogP contribution is -2.39. The molecule has 0 aliphatic carbocycles. The van der Waals surface area contributed by atoms with Crippen molar-refractivity contribution in [1.29, 1.82) is 0 Å². The lowest BCUT2D eigenvalue weighted by molar-refractivity contribution is -0.135. The molecule has 1 amide bonds. The van der Waals surface area contributed by atoms with Crippen LogP contribution < -0.4 is 9.47 Å². The van der Waals surface area contributed by atoms with Crippen LogP contribution in [0.5, 0.6) is 11.5 Å². The molecule has 140 valence electrons. The molecule has 0 saturated carbocycles. The molecule has 0 spiro atoms. The maximum absolute atomic E-state index is 12.7. The Labute approximate surface area is 158 Å². The molecule has 0 bridgehead atoms. The van der Waals surface area contributed by atoms with Gasteiger partial charge in [-0.2, -0.15) is 0 Å². The molecule has 1 unspecified atom stereocenters. The van der Waals surface area contributed by atoms with Crippen LogP contribution in [0.1, 0.15) is 24.6 Å². The number of thiophene rings is 1. The monoisotopic (exact) mass is 375 g/mol. The highest BCUT2D eigenvalue weighted by molar-refractivity contribution is 7.09. The maximum atomic E-state index is 12.7. The average Bonchev–Trinajstić information content (AvgIpc) is 3.35. The third kappa shape index (κ3) is 5.47. The SMILES string of the molecule is CCOc1ccc(OCC(=O)N(Cc2cccs2)CC2CCCO2)cc1.